The van der Waals surface area contributed by atoms with Crippen LogP contribution in [0.2, 0.25) is 5.02 Å². The fraction of sp³-hybridized carbons (Fsp3) is 0.361. The number of hydrogen-bond acceptors (Lipinski definition) is 7. The zero-order chi connectivity index (χ0) is 34.1. The average Bonchev–Trinajstić information content (AvgIpc) is 3.29. The summed E-state index contributed by atoms with van der Waals surface area (Å²) in [6.45, 7) is 9.40. The molecule has 10 nitrogen and oxygen atoms in total. The van der Waals surface area contributed by atoms with Crippen LogP contribution in [0.5, 0.6) is 11.5 Å². The van der Waals surface area contributed by atoms with Gasteiger partial charge in [0.2, 0.25) is 0 Å². The summed E-state index contributed by atoms with van der Waals surface area (Å²) in [5.41, 5.74) is 3.64. The van der Waals surface area contributed by atoms with Crippen molar-refractivity contribution in [3.05, 3.63) is 81.1 Å². The summed E-state index contributed by atoms with van der Waals surface area (Å²) in [7, 11) is 3.29. The van der Waals surface area contributed by atoms with E-state index in [1.54, 1.807) is 40.5 Å². The highest BCUT2D eigenvalue weighted by molar-refractivity contribution is 6.35. The van der Waals surface area contributed by atoms with E-state index >= 15 is 4.39 Å². The molecule has 250 valence electrons. The van der Waals surface area contributed by atoms with Gasteiger partial charge in [-0.05, 0) is 63.1 Å². The summed E-state index contributed by atoms with van der Waals surface area (Å²) in [4.78, 5) is 34.8. The molecular formula is C36H37ClFN5O5. The van der Waals surface area contributed by atoms with Crippen LogP contribution in [0.3, 0.4) is 0 Å². The number of fused-ring (bicyclic) bond motifs is 6. The summed E-state index contributed by atoms with van der Waals surface area (Å²) in [6, 6.07) is 12.9. The molecule has 1 amide bonds. The van der Waals surface area contributed by atoms with Crippen LogP contribution in [0.15, 0.2) is 53.5 Å². The summed E-state index contributed by atoms with van der Waals surface area (Å²) in [5, 5.41) is 0.709. The first-order chi connectivity index (χ1) is 22.9. The largest absolute Gasteiger partial charge is 0.497 e. The van der Waals surface area contributed by atoms with Crippen LogP contribution in [-0.2, 0) is 18.3 Å². The number of aromatic nitrogens is 3. The third-order valence-electron chi connectivity index (χ3n) is 9.10. The van der Waals surface area contributed by atoms with Crippen LogP contribution < -0.4 is 20.1 Å². The summed E-state index contributed by atoms with van der Waals surface area (Å²) in [6.07, 6.45) is 1.17. The monoisotopic (exact) mass is 673 g/mol. The number of rotatable bonds is 4. The Balaban J connectivity index is 1.31. The SMILES string of the molecule is COc1ccc(Cn2c(=O)n(C)c3c(-c4c(Cl)cc5c6c(cnc5c4F)OC[C@H]4CN(C(=O)OC(C)(C)C)CCN64)c(C)ccc32)cc1. The number of methoxy groups -OCH3 is 1. The Hall–Kier alpha value is -4.77. The van der Waals surface area contributed by atoms with Gasteiger partial charge in [-0.2, -0.15) is 0 Å². The number of carbonyl (C=O) groups excluding carboxylic acids is 1. The number of imidazole rings is 1. The molecule has 0 saturated carbocycles. The maximum atomic E-state index is 16.9. The Labute approximate surface area is 282 Å². The van der Waals surface area contributed by atoms with Gasteiger partial charge in [0.05, 0.1) is 47.6 Å². The molecule has 12 heteroatoms. The van der Waals surface area contributed by atoms with Gasteiger partial charge in [-0.3, -0.25) is 9.13 Å². The summed E-state index contributed by atoms with van der Waals surface area (Å²) in [5.74, 6) is 0.674. The lowest BCUT2D eigenvalue weighted by molar-refractivity contribution is 0.0195. The minimum Gasteiger partial charge on any atom is -0.497 e. The lowest BCUT2D eigenvalue weighted by Gasteiger charge is -2.45. The van der Waals surface area contributed by atoms with E-state index in [1.807, 2.05) is 64.1 Å². The molecule has 2 aliphatic rings. The molecule has 5 aromatic rings. The number of amides is 1. The number of halogens is 2. The van der Waals surface area contributed by atoms with E-state index in [0.717, 1.165) is 16.9 Å². The van der Waals surface area contributed by atoms with Gasteiger partial charge < -0.3 is 24.0 Å². The average molecular weight is 674 g/mol. The zero-order valence-corrected chi connectivity index (χ0v) is 28.5. The molecular weight excluding hydrogens is 637 g/mol. The van der Waals surface area contributed by atoms with E-state index in [0.29, 0.717) is 66.2 Å². The van der Waals surface area contributed by atoms with Crippen molar-refractivity contribution in [3.63, 3.8) is 0 Å². The Morgan fingerprint density at radius 1 is 1.12 bits per heavy atom. The predicted molar refractivity (Wildman–Crippen MR) is 184 cm³/mol. The second kappa shape index (κ2) is 11.7. The second-order valence-electron chi connectivity index (χ2n) is 13.4. The van der Waals surface area contributed by atoms with E-state index in [2.05, 4.69) is 9.88 Å². The number of piperazine rings is 1. The number of nitrogens with zero attached hydrogens (tertiary/aromatic N) is 5. The lowest BCUT2D eigenvalue weighted by Crippen LogP contribution is -2.59. The quantitative estimate of drug-likeness (QED) is 0.214. The molecule has 0 radical (unpaired) electrons. The van der Waals surface area contributed by atoms with Crippen LogP contribution >= 0.6 is 11.6 Å². The first-order valence-corrected chi connectivity index (χ1v) is 16.2. The van der Waals surface area contributed by atoms with Crippen LogP contribution in [-0.4, -0.2) is 70.1 Å². The third-order valence-corrected chi connectivity index (χ3v) is 9.40. The fourth-order valence-electron chi connectivity index (χ4n) is 6.83. The van der Waals surface area contributed by atoms with Crippen molar-refractivity contribution < 1.29 is 23.4 Å². The van der Waals surface area contributed by atoms with Crippen molar-refractivity contribution in [1.29, 1.82) is 0 Å². The van der Waals surface area contributed by atoms with Gasteiger partial charge in [-0.25, -0.2) is 19.0 Å². The maximum Gasteiger partial charge on any atom is 0.410 e. The molecule has 0 spiro atoms. The molecule has 1 atom stereocenters. The first kappa shape index (κ1) is 31.8. The molecule has 7 rings (SSSR count). The second-order valence-corrected chi connectivity index (χ2v) is 13.8. The molecule has 0 aliphatic carbocycles. The minimum atomic E-state index is -0.605. The number of anilines is 1. The van der Waals surface area contributed by atoms with Gasteiger partial charge in [0.15, 0.2) is 11.6 Å². The van der Waals surface area contributed by atoms with Crippen molar-refractivity contribution in [2.24, 2.45) is 7.05 Å². The van der Waals surface area contributed by atoms with Gasteiger partial charge in [-0.15, -0.1) is 0 Å². The van der Waals surface area contributed by atoms with Gasteiger partial charge in [0.1, 0.15) is 23.5 Å². The van der Waals surface area contributed by atoms with Crippen LogP contribution in [0.4, 0.5) is 14.9 Å². The highest BCUT2D eigenvalue weighted by Gasteiger charge is 2.38. The highest BCUT2D eigenvalue weighted by atomic mass is 35.5. The smallest absolute Gasteiger partial charge is 0.410 e. The van der Waals surface area contributed by atoms with Gasteiger partial charge in [0.25, 0.3) is 0 Å². The lowest BCUT2D eigenvalue weighted by atomic mass is 9.95. The molecule has 0 bridgehead atoms. The fourth-order valence-corrected chi connectivity index (χ4v) is 7.12. The predicted octanol–water partition coefficient (Wildman–Crippen LogP) is 6.53. The van der Waals surface area contributed by atoms with Crippen molar-refractivity contribution in [2.45, 2.75) is 45.9 Å². The standard InChI is InChI=1S/C36H37ClFN5O5/c1-20-7-12-26-33(40(5)34(44)43(26)17-21-8-10-23(46-6)11-9-21)28(20)29-25(37)15-24-31(30(29)38)39-16-27-32(24)42-14-13-41(18-22(42)19-47-27)35(45)48-36(2,3)4/h7-12,15-16,22H,13-14,17-19H2,1-6H3/t22-/m1/s1. The molecule has 1 fully saturated rings. The topological polar surface area (TPSA) is 91.1 Å². The van der Waals surface area contributed by atoms with Crippen LogP contribution in [0.25, 0.3) is 33.1 Å². The summed E-state index contributed by atoms with van der Waals surface area (Å²) >= 11 is 7.01. The molecule has 4 heterocycles. The Kier molecular flexibility index (Phi) is 7.77. The molecule has 2 aromatic heterocycles. The molecule has 0 unspecified atom stereocenters. The van der Waals surface area contributed by atoms with Crippen molar-refractivity contribution in [1.82, 2.24) is 19.0 Å². The van der Waals surface area contributed by atoms with Gasteiger partial charge >= 0.3 is 11.8 Å². The Bertz CT molecular complexity index is 2150. The van der Waals surface area contributed by atoms with Crippen LogP contribution in [0, 0.1) is 12.7 Å². The van der Waals surface area contributed by atoms with E-state index in [-0.39, 0.29) is 33.9 Å². The van der Waals surface area contributed by atoms with E-state index in [9.17, 15) is 9.59 Å². The van der Waals surface area contributed by atoms with Crippen molar-refractivity contribution in [3.8, 4) is 22.6 Å². The number of ether oxygens (including phenoxy) is 3. The molecule has 0 N–H and O–H groups in total. The molecule has 48 heavy (non-hydrogen) atoms. The summed E-state index contributed by atoms with van der Waals surface area (Å²) < 4.78 is 37.1. The Morgan fingerprint density at radius 2 is 1.88 bits per heavy atom. The number of pyridine rings is 1. The molecule has 3 aromatic carbocycles. The van der Waals surface area contributed by atoms with E-state index < -0.39 is 11.4 Å². The molecule has 2 aliphatic heterocycles. The zero-order valence-electron chi connectivity index (χ0n) is 27.8. The van der Waals surface area contributed by atoms with E-state index in [4.69, 9.17) is 25.8 Å². The third kappa shape index (κ3) is 5.30. The van der Waals surface area contributed by atoms with Crippen LogP contribution in [0.1, 0.15) is 31.9 Å². The van der Waals surface area contributed by atoms with Crippen molar-refractivity contribution >= 4 is 45.3 Å². The Morgan fingerprint density at radius 3 is 2.58 bits per heavy atom. The van der Waals surface area contributed by atoms with E-state index in [1.165, 1.54) is 0 Å². The first-order valence-electron chi connectivity index (χ1n) is 15.9. The maximum absolute atomic E-state index is 16.9. The normalized spacial score (nSPS) is 16.1. The highest BCUT2D eigenvalue weighted by Crippen LogP contribution is 2.46. The minimum absolute atomic E-state index is 0.144. The van der Waals surface area contributed by atoms with Gasteiger partial charge in [0, 0.05) is 43.2 Å². The molecule has 1 saturated heterocycles. The number of benzene rings is 3. The van der Waals surface area contributed by atoms with Crippen molar-refractivity contribution in [2.75, 3.05) is 38.3 Å². The van der Waals surface area contributed by atoms with Gasteiger partial charge in [-0.1, -0.05) is 29.8 Å². The number of carbonyl (C=O) groups is 1. The number of hydrogen-bond donors (Lipinski definition) is 0. The number of aryl methyl sites for hydroxylation is 2.